The molecule has 1 aromatic heterocycles. The van der Waals surface area contributed by atoms with Crippen molar-refractivity contribution in [3.8, 4) is 0 Å². The lowest BCUT2D eigenvalue weighted by Gasteiger charge is -2.32. The normalized spacial score (nSPS) is 14.6. The number of aromatic nitrogens is 1. The molecule has 2 aromatic rings. The van der Waals surface area contributed by atoms with Gasteiger partial charge in [-0.25, -0.2) is 4.98 Å². The van der Waals surface area contributed by atoms with Gasteiger partial charge in [0.2, 0.25) is 0 Å². The van der Waals surface area contributed by atoms with Gasteiger partial charge in [-0.15, -0.1) is 11.3 Å². The van der Waals surface area contributed by atoms with Gasteiger partial charge in [-0.3, -0.25) is 14.5 Å². The van der Waals surface area contributed by atoms with E-state index in [0.717, 1.165) is 5.01 Å². The minimum atomic E-state index is -0.820. The summed E-state index contributed by atoms with van der Waals surface area (Å²) in [6, 6.07) is 6.92. The molecule has 0 saturated heterocycles. The lowest BCUT2D eigenvalue weighted by atomic mass is 9.99. The molecule has 0 spiro atoms. The lowest BCUT2D eigenvalue weighted by Crippen LogP contribution is -2.45. The minimum absolute atomic E-state index is 0.126. The maximum atomic E-state index is 12.7. The van der Waals surface area contributed by atoms with Crippen LogP contribution in [0.4, 0.5) is 0 Å². The maximum Gasteiger partial charge on any atom is 0.262 e. The first-order chi connectivity index (χ1) is 11.3. The summed E-state index contributed by atoms with van der Waals surface area (Å²) in [6.07, 6.45) is 0.126. The van der Waals surface area contributed by atoms with E-state index in [0.29, 0.717) is 23.4 Å². The van der Waals surface area contributed by atoms with Crippen LogP contribution >= 0.6 is 11.3 Å². The highest BCUT2D eigenvalue weighted by Crippen LogP contribution is 2.36. The number of thiazole rings is 1. The van der Waals surface area contributed by atoms with E-state index in [-0.39, 0.29) is 17.9 Å². The number of nitrogens with zero attached hydrogens (tertiary/aromatic N) is 2. The van der Waals surface area contributed by atoms with Gasteiger partial charge in [0.05, 0.1) is 35.1 Å². The van der Waals surface area contributed by atoms with E-state index in [1.165, 1.54) is 16.2 Å². The van der Waals surface area contributed by atoms with Crippen molar-refractivity contribution in [1.82, 2.24) is 9.88 Å². The van der Waals surface area contributed by atoms with Crippen LogP contribution in [0.2, 0.25) is 0 Å². The molecule has 0 unspecified atom stereocenters. The van der Waals surface area contributed by atoms with Crippen LogP contribution in [0.25, 0.3) is 0 Å². The lowest BCUT2D eigenvalue weighted by molar-refractivity contribution is 0.0467. The average molecular weight is 344 g/mol. The van der Waals surface area contributed by atoms with Crippen molar-refractivity contribution >= 4 is 23.2 Å². The summed E-state index contributed by atoms with van der Waals surface area (Å²) in [6.45, 7) is 8.06. The first kappa shape index (κ1) is 16.8. The van der Waals surface area contributed by atoms with Crippen LogP contribution in [0.3, 0.4) is 0 Å². The summed E-state index contributed by atoms with van der Waals surface area (Å²) < 4.78 is 5.57. The summed E-state index contributed by atoms with van der Waals surface area (Å²) in [5, 5.41) is 2.73. The van der Waals surface area contributed by atoms with Gasteiger partial charge in [-0.2, -0.15) is 0 Å². The molecule has 0 atom stereocenters. The van der Waals surface area contributed by atoms with Crippen LogP contribution < -0.4 is 0 Å². The fraction of sp³-hybridized carbons (Fsp3) is 0.389. The van der Waals surface area contributed by atoms with E-state index >= 15 is 0 Å². The number of hydrogen-bond donors (Lipinski definition) is 0. The Morgan fingerprint density at radius 3 is 2.29 bits per heavy atom. The molecule has 0 radical (unpaired) electrons. The fourth-order valence-electron chi connectivity index (χ4n) is 2.71. The molecule has 1 aliphatic rings. The predicted molar refractivity (Wildman–Crippen MR) is 92.0 cm³/mol. The SMILES string of the molecule is CC(C)OCc1nc(C(C)(C)N2C(=O)c3ccccc3C2=O)cs1. The van der Waals surface area contributed by atoms with Gasteiger partial charge in [-0.05, 0) is 39.8 Å². The van der Waals surface area contributed by atoms with Gasteiger partial charge in [0, 0.05) is 5.38 Å². The van der Waals surface area contributed by atoms with Crippen LogP contribution in [0.1, 0.15) is 59.1 Å². The molecule has 6 heteroatoms. The highest BCUT2D eigenvalue weighted by atomic mass is 32.1. The molecule has 0 saturated carbocycles. The monoisotopic (exact) mass is 344 g/mol. The third kappa shape index (κ3) is 2.76. The zero-order valence-corrected chi connectivity index (χ0v) is 15.0. The van der Waals surface area contributed by atoms with Gasteiger partial charge in [-0.1, -0.05) is 12.1 Å². The van der Waals surface area contributed by atoms with E-state index in [1.54, 1.807) is 24.3 Å². The van der Waals surface area contributed by atoms with Crippen molar-refractivity contribution in [2.24, 2.45) is 0 Å². The minimum Gasteiger partial charge on any atom is -0.372 e. The molecule has 2 heterocycles. The number of rotatable bonds is 5. The van der Waals surface area contributed by atoms with Gasteiger partial charge < -0.3 is 4.74 Å². The zero-order valence-electron chi connectivity index (χ0n) is 14.2. The Hall–Kier alpha value is -2.05. The van der Waals surface area contributed by atoms with Crippen molar-refractivity contribution in [3.63, 3.8) is 0 Å². The standard InChI is InChI=1S/C18H20N2O3S/c1-11(2)23-9-15-19-14(10-24-15)18(3,4)20-16(21)12-7-5-6-8-13(12)17(20)22/h5-8,10-11H,9H2,1-4H3. The zero-order chi connectivity index (χ0) is 17.5. The Morgan fingerprint density at radius 2 is 1.75 bits per heavy atom. The number of imide groups is 1. The summed E-state index contributed by atoms with van der Waals surface area (Å²) in [7, 11) is 0. The van der Waals surface area contributed by atoms with Crippen molar-refractivity contribution in [2.75, 3.05) is 0 Å². The Bertz CT molecular complexity index is 760. The third-order valence-electron chi connectivity index (χ3n) is 4.07. The molecule has 3 rings (SSSR count). The number of benzene rings is 1. The third-order valence-corrected chi connectivity index (χ3v) is 4.89. The maximum absolute atomic E-state index is 12.7. The van der Waals surface area contributed by atoms with Crippen molar-refractivity contribution in [3.05, 3.63) is 51.5 Å². The van der Waals surface area contributed by atoms with Crippen LogP contribution in [0, 0.1) is 0 Å². The molecule has 126 valence electrons. The first-order valence-corrected chi connectivity index (χ1v) is 8.74. The van der Waals surface area contributed by atoms with Gasteiger partial charge in [0.1, 0.15) is 5.01 Å². The molecular formula is C18H20N2O3S. The van der Waals surface area contributed by atoms with Crippen molar-refractivity contribution < 1.29 is 14.3 Å². The molecule has 1 aliphatic heterocycles. The van der Waals surface area contributed by atoms with Crippen LogP contribution in [-0.4, -0.2) is 27.8 Å². The number of hydrogen-bond acceptors (Lipinski definition) is 5. The molecule has 0 aliphatic carbocycles. The first-order valence-electron chi connectivity index (χ1n) is 7.86. The summed E-state index contributed by atoms with van der Waals surface area (Å²) in [5.41, 5.74) is 0.785. The predicted octanol–water partition coefficient (Wildman–Crippen LogP) is 3.60. The average Bonchev–Trinajstić information content (AvgIpc) is 3.11. The highest BCUT2D eigenvalue weighted by Gasteiger charge is 2.45. The van der Waals surface area contributed by atoms with E-state index < -0.39 is 5.54 Å². The second-order valence-electron chi connectivity index (χ2n) is 6.54. The van der Waals surface area contributed by atoms with Gasteiger partial charge >= 0.3 is 0 Å². The molecule has 0 bridgehead atoms. The number of ether oxygens (including phenoxy) is 1. The topological polar surface area (TPSA) is 59.5 Å². The largest absolute Gasteiger partial charge is 0.372 e. The summed E-state index contributed by atoms with van der Waals surface area (Å²) in [4.78, 5) is 31.3. The van der Waals surface area contributed by atoms with Gasteiger partial charge in [0.15, 0.2) is 0 Å². The van der Waals surface area contributed by atoms with E-state index in [4.69, 9.17) is 4.74 Å². The summed E-state index contributed by atoms with van der Waals surface area (Å²) >= 11 is 1.48. The summed E-state index contributed by atoms with van der Waals surface area (Å²) in [5.74, 6) is -0.540. The molecule has 0 N–H and O–H groups in total. The van der Waals surface area contributed by atoms with Crippen molar-refractivity contribution in [2.45, 2.75) is 45.9 Å². The smallest absolute Gasteiger partial charge is 0.262 e. The van der Waals surface area contributed by atoms with Crippen molar-refractivity contribution in [1.29, 1.82) is 0 Å². The number of fused-ring (bicyclic) bond motifs is 1. The van der Waals surface area contributed by atoms with Gasteiger partial charge in [0.25, 0.3) is 11.8 Å². The second kappa shape index (κ2) is 6.11. The number of amides is 2. The molecule has 2 amide bonds. The Morgan fingerprint density at radius 1 is 1.17 bits per heavy atom. The quantitative estimate of drug-likeness (QED) is 0.778. The van der Waals surface area contributed by atoms with Crippen LogP contribution in [0.15, 0.2) is 29.6 Å². The Labute approximate surface area is 145 Å². The Kier molecular flexibility index (Phi) is 4.27. The highest BCUT2D eigenvalue weighted by molar-refractivity contribution is 7.09. The molecule has 1 aromatic carbocycles. The number of carbonyl (C=O) groups excluding carboxylic acids is 2. The molecule has 5 nitrogen and oxygen atoms in total. The molecule has 24 heavy (non-hydrogen) atoms. The van der Waals surface area contributed by atoms with E-state index in [2.05, 4.69) is 4.98 Å². The van der Waals surface area contributed by atoms with E-state index in [9.17, 15) is 9.59 Å². The number of carbonyl (C=O) groups is 2. The molecule has 0 fully saturated rings. The second-order valence-corrected chi connectivity index (χ2v) is 7.48. The van der Waals surface area contributed by atoms with E-state index in [1.807, 2.05) is 33.1 Å². The van der Waals surface area contributed by atoms with Crippen LogP contribution in [0.5, 0.6) is 0 Å². The fourth-order valence-corrected chi connectivity index (χ4v) is 3.58. The molecular weight excluding hydrogens is 324 g/mol. The van der Waals surface area contributed by atoms with Crippen LogP contribution in [-0.2, 0) is 16.9 Å². The Balaban J connectivity index is 1.89.